The highest BCUT2D eigenvalue weighted by atomic mass is 32.1. The summed E-state index contributed by atoms with van der Waals surface area (Å²) in [5.41, 5.74) is 8.35. The van der Waals surface area contributed by atoms with Gasteiger partial charge in [0.25, 0.3) is 5.91 Å². The van der Waals surface area contributed by atoms with E-state index >= 15 is 0 Å². The van der Waals surface area contributed by atoms with Gasteiger partial charge in [-0.25, -0.2) is 4.98 Å². The molecule has 0 saturated carbocycles. The highest BCUT2D eigenvalue weighted by molar-refractivity contribution is 7.14. The number of rotatable bonds is 4. The van der Waals surface area contributed by atoms with Crippen LogP contribution in [0.5, 0.6) is 5.75 Å². The van der Waals surface area contributed by atoms with Gasteiger partial charge in [-0.3, -0.25) is 15.1 Å². The van der Waals surface area contributed by atoms with E-state index in [0.29, 0.717) is 22.1 Å². The first kappa shape index (κ1) is 15.0. The summed E-state index contributed by atoms with van der Waals surface area (Å²) >= 11 is 1.35. The molecule has 2 heterocycles. The number of thiazole rings is 1. The lowest BCUT2D eigenvalue weighted by atomic mass is 10.1. The van der Waals surface area contributed by atoms with Gasteiger partial charge in [0.05, 0.1) is 18.4 Å². The number of nitrogens with two attached hydrogens (primary N) is 1. The van der Waals surface area contributed by atoms with E-state index in [0.717, 1.165) is 11.3 Å². The summed E-state index contributed by atoms with van der Waals surface area (Å²) in [4.78, 5) is 20.7. The third-order valence-corrected chi connectivity index (χ3v) is 3.96. The number of carbonyl (C=O) groups excluding carboxylic acids is 1. The van der Waals surface area contributed by atoms with E-state index in [-0.39, 0.29) is 5.91 Å². The second-order valence-corrected chi connectivity index (χ2v) is 5.54. The minimum absolute atomic E-state index is 0.305. The maximum atomic E-state index is 12.3. The number of hydrogen-bond donors (Lipinski definition) is 2. The Morgan fingerprint density at radius 3 is 2.74 bits per heavy atom. The fourth-order valence-electron chi connectivity index (χ4n) is 2.03. The Hall–Kier alpha value is -2.93. The van der Waals surface area contributed by atoms with Crippen molar-refractivity contribution in [2.45, 2.75) is 0 Å². The van der Waals surface area contributed by atoms with Gasteiger partial charge >= 0.3 is 0 Å². The third-order valence-electron chi connectivity index (χ3n) is 3.20. The SMILES string of the molecule is COc1ccc(C(=O)Nc2nc(-c3ccncc3)cs2)c(N)c1. The number of hydrogen-bond acceptors (Lipinski definition) is 6. The van der Waals surface area contributed by atoms with E-state index in [9.17, 15) is 4.79 Å². The first-order valence-corrected chi connectivity index (χ1v) is 7.66. The largest absolute Gasteiger partial charge is 0.497 e. The monoisotopic (exact) mass is 326 g/mol. The van der Waals surface area contributed by atoms with Crippen molar-refractivity contribution in [1.29, 1.82) is 0 Å². The van der Waals surface area contributed by atoms with Gasteiger partial charge in [0.1, 0.15) is 5.75 Å². The molecule has 0 spiro atoms. The molecule has 3 rings (SSSR count). The van der Waals surface area contributed by atoms with E-state index in [2.05, 4.69) is 15.3 Å². The van der Waals surface area contributed by atoms with Crippen LogP contribution < -0.4 is 15.8 Å². The number of methoxy groups -OCH3 is 1. The van der Waals surface area contributed by atoms with Gasteiger partial charge < -0.3 is 10.5 Å². The quantitative estimate of drug-likeness (QED) is 0.719. The van der Waals surface area contributed by atoms with Crippen LogP contribution in [0, 0.1) is 0 Å². The Balaban J connectivity index is 1.77. The van der Waals surface area contributed by atoms with Gasteiger partial charge in [-0.05, 0) is 24.3 Å². The number of amides is 1. The summed E-state index contributed by atoms with van der Waals surface area (Å²) in [7, 11) is 1.55. The molecule has 7 heteroatoms. The molecule has 0 atom stereocenters. The highest BCUT2D eigenvalue weighted by Gasteiger charge is 2.13. The van der Waals surface area contributed by atoms with Gasteiger partial charge in [-0.2, -0.15) is 0 Å². The van der Waals surface area contributed by atoms with Crippen LogP contribution in [0.25, 0.3) is 11.3 Å². The molecular formula is C16H14N4O2S. The first-order valence-electron chi connectivity index (χ1n) is 6.78. The molecular weight excluding hydrogens is 312 g/mol. The van der Waals surface area contributed by atoms with Gasteiger partial charge in [0.15, 0.2) is 5.13 Å². The molecule has 116 valence electrons. The number of nitrogens with zero attached hydrogens (tertiary/aromatic N) is 2. The number of nitrogen functional groups attached to an aromatic ring is 1. The van der Waals surface area contributed by atoms with Crippen molar-refractivity contribution in [3.8, 4) is 17.0 Å². The van der Waals surface area contributed by atoms with Crippen LogP contribution in [0.15, 0.2) is 48.1 Å². The summed E-state index contributed by atoms with van der Waals surface area (Å²) in [6.45, 7) is 0. The second kappa shape index (κ2) is 6.45. The van der Waals surface area contributed by atoms with E-state index < -0.39 is 0 Å². The average Bonchev–Trinajstić information content (AvgIpc) is 3.03. The van der Waals surface area contributed by atoms with Crippen LogP contribution in [0.4, 0.5) is 10.8 Å². The maximum Gasteiger partial charge on any atom is 0.259 e. The van der Waals surface area contributed by atoms with Gasteiger partial charge in [-0.15, -0.1) is 11.3 Å². The van der Waals surface area contributed by atoms with E-state index in [1.807, 2.05) is 17.5 Å². The summed E-state index contributed by atoms with van der Waals surface area (Å²) in [6.07, 6.45) is 3.40. The third kappa shape index (κ3) is 3.29. The first-order chi connectivity index (χ1) is 11.2. The molecule has 0 saturated heterocycles. The summed E-state index contributed by atoms with van der Waals surface area (Å²) in [6, 6.07) is 8.65. The molecule has 0 unspecified atom stereocenters. The number of carbonyl (C=O) groups is 1. The summed E-state index contributed by atoms with van der Waals surface area (Å²) in [5, 5.41) is 5.15. The van der Waals surface area contributed by atoms with Crippen LogP contribution in [0.1, 0.15) is 10.4 Å². The predicted molar refractivity (Wildman–Crippen MR) is 90.7 cm³/mol. The maximum absolute atomic E-state index is 12.3. The zero-order chi connectivity index (χ0) is 16.2. The van der Waals surface area contributed by atoms with Gasteiger partial charge in [-0.1, -0.05) is 0 Å². The minimum Gasteiger partial charge on any atom is -0.497 e. The lowest BCUT2D eigenvalue weighted by Gasteiger charge is -2.07. The summed E-state index contributed by atoms with van der Waals surface area (Å²) < 4.78 is 5.07. The Bertz CT molecular complexity index is 833. The molecule has 2 aromatic heterocycles. The highest BCUT2D eigenvalue weighted by Crippen LogP contribution is 2.26. The molecule has 0 fully saturated rings. The van der Waals surface area contributed by atoms with E-state index in [1.54, 1.807) is 37.7 Å². The number of nitrogens with one attached hydrogen (secondary N) is 1. The molecule has 23 heavy (non-hydrogen) atoms. The molecule has 0 aliphatic carbocycles. The molecule has 1 aromatic carbocycles. The fraction of sp³-hybridized carbons (Fsp3) is 0.0625. The fourth-order valence-corrected chi connectivity index (χ4v) is 2.74. The number of pyridine rings is 1. The Morgan fingerprint density at radius 1 is 1.26 bits per heavy atom. The van der Waals surface area contributed by atoms with Crippen molar-refractivity contribution in [1.82, 2.24) is 9.97 Å². The number of anilines is 2. The predicted octanol–water partition coefficient (Wildman–Crippen LogP) is 3.05. The number of aromatic nitrogens is 2. The van der Waals surface area contributed by atoms with Gasteiger partial charge in [0, 0.05) is 35.1 Å². The van der Waals surface area contributed by atoms with E-state index in [4.69, 9.17) is 10.5 Å². The van der Waals surface area contributed by atoms with Crippen molar-refractivity contribution in [2.75, 3.05) is 18.2 Å². The van der Waals surface area contributed by atoms with Crippen LogP contribution in [0.3, 0.4) is 0 Å². The van der Waals surface area contributed by atoms with Crippen molar-refractivity contribution in [3.63, 3.8) is 0 Å². The Kier molecular flexibility index (Phi) is 4.20. The normalized spacial score (nSPS) is 10.3. The molecule has 0 radical (unpaired) electrons. The topological polar surface area (TPSA) is 90.1 Å². The Labute approximate surface area is 137 Å². The molecule has 6 nitrogen and oxygen atoms in total. The van der Waals surface area contributed by atoms with Crippen LogP contribution in [-0.2, 0) is 0 Å². The van der Waals surface area contributed by atoms with Crippen molar-refractivity contribution >= 4 is 28.1 Å². The van der Waals surface area contributed by atoms with Crippen molar-refractivity contribution in [3.05, 3.63) is 53.7 Å². The standard InChI is InChI=1S/C16H14N4O2S/c1-22-11-2-3-12(13(17)8-11)15(21)20-16-19-14(9-23-16)10-4-6-18-7-5-10/h2-9H,17H2,1H3,(H,19,20,21). The van der Waals surface area contributed by atoms with Crippen LogP contribution >= 0.6 is 11.3 Å². The van der Waals surface area contributed by atoms with Gasteiger partial charge in [0.2, 0.25) is 0 Å². The number of ether oxygens (including phenoxy) is 1. The lowest BCUT2D eigenvalue weighted by Crippen LogP contribution is -2.13. The molecule has 3 N–H and O–H groups in total. The smallest absolute Gasteiger partial charge is 0.259 e. The zero-order valence-electron chi connectivity index (χ0n) is 12.3. The second-order valence-electron chi connectivity index (χ2n) is 4.68. The van der Waals surface area contributed by atoms with E-state index in [1.165, 1.54) is 11.3 Å². The Morgan fingerprint density at radius 2 is 2.04 bits per heavy atom. The molecule has 3 aromatic rings. The molecule has 1 amide bonds. The zero-order valence-corrected chi connectivity index (χ0v) is 13.1. The minimum atomic E-state index is -0.305. The summed E-state index contributed by atoms with van der Waals surface area (Å²) in [5.74, 6) is 0.300. The van der Waals surface area contributed by atoms with Crippen molar-refractivity contribution in [2.24, 2.45) is 0 Å². The number of benzene rings is 1. The van der Waals surface area contributed by atoms with Crippen molar-refractivity contribution < 1.29 is 9.53 Å². The van der Waals surface area contributed by atoms with Crippen LogP contribution in [-0.4, -0.2) is 23.0 Å². The molecule has 0 aliphatic heterocycles. The molecule has 0 aliphatic rings. The molecule has 0 bridgehead atoms. The average molecular weight is 326 g/mol. The lowest BCUT2D eigenvalue weighted by molar-refractivity contribution is 0.102. The van der Waals surface area contributed by atoms with Crippen LogP contribution in [0.2, 0.25) is 0 Å².